The number of hydrogen-bond donors (Lipinski definition) is 0. The highest BCUT2D eigenvalue weighted by molar-refractivity contribution is 5.79. The van der Waals surface area contributed by atoms with Crippen LogP contribution in [0.2, 0.25) is 0 Å². The molecule has 0 radical (unpaired) electrons. The molecule has 1 aliphatic heterocycles. The predicted molar refractivity (Wildman–Crippen MR) is 82.7 cm³/mol. The normalized spacial score (nSPS) is 18.5. The van der Waals surface area contributed by atoms with Crippen LogP contribution in [0.5, 0.6) is 0 Å². The SMILES string of the molecule is CC(C)N1CC(c2nc(-c3cn4ccccc4n3)no2)CC1=O. The summed E-state index contributed by atoms with van der Waals surface area (Å²) >= 11 is 0. The molecule has 7 nitrogen and oxygen atoms in total. The third-order valence-corrected chi connectivity index (χ3v) is 4.17. The second-order valence-electron chi connectivity index (χ2n) is 6.09. The molecule has 0 aromatic carbocycles. The predicted octanol–water partition coefficient (Wildman–Crippen LogP) is 2.11. The Kier molecular flexibility index (Phi) is 3.14. The molecule has 3 aromatic rings. The standard InChI is InChI=1S/C16H17N5O2/c1-10(2)21-8-11(7-14(21)22)16-18-15(19-23-16)12-9-20-6-4-3-5-13(20)17-12/h3-6,9-11H,7-8H2,1-2H3. The van der Waals surface area contributed by atoms with Gasteiger partial charge < -0.3 is 13.8 Å². The van der Waals surface area contributed by atoms with Gasteiger partial charge in [0.1, 0.15) is 11.3 Å². The molecule has 0 aliphatic carbocycles. The van der Waals surface area contributed by atoms with E-state index in [9.17, 15) is 4.79 Å². The Morgan fingerprint density at radius 1 is 1.30 bits per heavy atom. The third-order valence-electron chi connectivity index (χ3n) is 4.17. The number of imidazole rings is 1. The fourth-order valence-electron chi connectivity index (χ4n) is 2.94. The summed E-state index contributed by atoms with van der Waals surface area (Å²) in [6.45, 7) is 4.65. The van der Waals surface area contributed by atoms with E-state index >= 15 is 0 Å². The minimum atomic E-state index is -0.0387. The fourth-order valence-corrected chi connectivity index (χ4v) is 2.94. The average Bonchev–Trinajstić information content (AvgIpc) is 3.23. The molecule has 1 amide bonds. The Morgan fingerprint density at radius 2 is 2.17 bits per heavy atom. The van der Waals surface area contributed by atoms with E-state index in [1.807, 2.05) is 53.7 Å². The first-order valence-electron chi connectivity index (χ1n) is 7.69. The zero-order chi connectivity index (χ0) is 16.0. The monoisotopic (exact) mass is 311 g/mol. The summed E-state index contributed by atoms with van der Waals surface area (Å²) in [7, 11) is 0. The molecule has 23 heavy (non-hydrogen) atoms. The summed E-state index contributed by atoms with van der Waals surface area (Å²) in [6.07, 6.45) is 4.21. The quantitative estimate of drug-likeness (QED) is 0.740. The Balaban J connectivity index is 1.61. The van der Waals surface area contributed by atoms with E-state index < -0.39 is 0 Å². The maximum absolute atomic E-state index is 12.0. The largest absolute Gasteiger partial charge is 0.339 e. The van der Waals surface area contributed by atoms with Crippen LogP contribution < -0.4 is 0 Å². The summed E-state index contributed by atoms with van der Waals surface area (Å²) in [5.41, 5.74) is 1.49. The molecule has 1 unspecified atom stereocenters. The molecule has 0 N–H and O–H groups in total. The molecular weight excluding hydrogens is 294 g/mol. The minimum Gasteiger partial charge on any atom is -0.339 e. The molecule has 0 spiro atoms. The summed E-state index contributed by atoms with van der Waals surface area (Å²) in [6, 6.07) is 5.97. The van der Waals surface area contributed by atoms with Gasteiger partial charge in [0, 0.05) is 31.4 Å². The summed E-state index contributed by atoms with van der Waals surface area (Å²) in [4.78, 5) is 22.8. The summed E-state index contributed by atoms with van der Waals surface area (Å²) < 4.78 is 7.29. The molecule has 1 atom stereocenters. The van der Waals surface area contributed by atoms with Crippen LogP contribution >= 0.6 is 0 Å². The van der Waals surface area contributed by atoms with Gasteiger partial charge in [-0.05, 0) is 26.0 Å². The van der Waals surface area contributed by atoms with Gasteiger partial charge in [-0.25, -0.2) is 4.98 Å². The molecule has 1 saturated heterocycles. The number of amides is 1. The van der Waals surface area contributed by atoms with Crippen LogP contribution in [0.3, 0.4) is 0 Å². The van der Waals surface area contributed by atoms with E-state index in [0.717, 1.165) is 5.65 Å². The van der Waals surface area contributed by atoms with Gasteiger partial charge in [-0.1, -0.05) is 11.2 Å². The van der Waals surface area contributed by atoms with Crippen molar-refractivity contribution in [3.05, 3.63) is 36.5 Å². The maximum atomic E-state index is 12.0. The van der Waals surface area contributed by atoms with Crippen LogP contribution in [0.1, 0.15) is 32.1 Å². The zero-order valence-electron chi connectivity index (χ0n) is 13.0. The second-order valence-corrected chi connectivity index (χ2v) is 6.09. The van der Waals surface area contributed by atoms with E-state index in [2.05, 4.69) is 15.1 Å². The highest BCUT2D eigenvalue weighted by atomic mass is 16.5. The molecule has 118 valence electrons. The van der Waals surface area contributed by atoms with Gasteiger partial charge in [-0.2, -0.15) is 4.98 Å². The van der Waals surface area contributed by atoms with Gasteiger partial charge in [0.15, 0.2) is 0 Å². The van der Waals surface area contributed by atoms with Crippen molar-refractivity contribution < 1.29 is 9.32 Å². The first kappa shape index (κ1) is 13.9. The number of pyridine rings is 1. The number of aromatic nitrogens is 4. The van der Waals surface area contributed by atoms with Gasteiger partial charge in [0.25, 0.3) is 0 Å². The van der Waals surface area contributed by atoms with E-state index in [0.29, 0.717) is 30.4 Å². The van der Waals surface area contributed by atoms with Gasteiger partial charge in [0.2, 0.25) is 17.6 Å². The van der Waals surface area contributed by atoms with Crippen LogP contribution in [-0.4, -0.2) is 42.9 Å². The fraction of sp³-hybridized carbons (Fsp3) is 0.375. The highest BCUT2D eigenvalue weighted by Crippen LogP contribution is 2.29. The van der Waals surface area contributed by atoms with Crippen LogP contribution in [-0.2, 0) is 4.79 Å². The number of carbonyl (C=O) groups excluding carboxylic acids is 1. The van der Waals surface area contributed by atoms with Crippen molar-refractivity contribution in [3.63, 3.8) is 0 Å². The van der Waals surface area contributed by atoms with Gasteiger partial charge in [0.05, 0.1) is 5.92 Å². The molecule has 7 heteroatoms. The van der Waals surface area contributed by atoms with Crippen LogP contribution in [0, 0.1) is 0 Å². The Labute approximate surface area is 132 Å². The molecule has 0 saturated carbocycles. The molecule has 0 bridgehead atoms. The van der Waals surface area contributed by atoms with E-state index in [1.165, 1.54) is 0 Å². The van der Waals surface area contributed by atoms with Gasteiger partial charge in [-0.15, -0.1) is 0 Å². The van der Waals surface area contributed by atoms with Crippen molar-refractivity contribution in [1.29, 1.82) is 0 Å². The van der Waals surface area contributed by atoms with Crippen molar-refractivity contribution in [2.24, 2.45) is 0 Å². The Bertz CT molecular complexity index is 833. The maximum Gasteiger partial charge on any atom is 0.232 e. The minimum absolute atomic E-state index is 0.0387. The van der Waals surface area contributed by atoms with Crippen molar-refractivity contribution in [2.75, 3.05) is 6.54 Å². The lowest BCUT2D eigenvalue weighted by Gasteiger charge is -2.20. The van der Waals surface area contributed by atoms with E-state index in [1.54, 1.807) is 0 Å². The van der Waals surface area contributed by atoms with Crippen molar-refractivity contribution >= 4 is 11.6 Å². The zero-order valence-corrected chi connectivity index (χ0v) is 13.0. The van der Waals surface area contributed by atoms with Crippen LogP contribution in [0.4, 0.5) is 0 Å². The van der Waals surface area contributed by atoms with Crippen molar-refractivity contribution in [1.82, 2.24) is 24.4 Å². The topological polar surface area (TPSA) is 76.5 Å². The average molecular weight is 311 g/mol. The van der Waals surface area contributed by atoms with Crippen LogP contribution in [0.15, 0.2) is 35.1 Å². The van der Waals surface area contributed by atoms with E-state index in [4.69, 9.17) is 4.52 Å². The lowest BCUT2D eigenvalue weighted by atomic mass is 10.1. The molecule has 1 fully saturated rings. The van der Waals surface area contributed by atoms with E-state index in [-0.39, 0.29) is 17.9 Å². The summed E-state index contributed by atoms with van der Waals surface area (Å²) in [5, 5.41) is 4.03. The van der Waals surface area contributed by atoms with Crippen molar-refractivity contribution in [2.45, 2.75) is 32.2 Å². The number of likely N-dealkylation sites (tertiary alicyclic amines) is 1. The molecular formula is C16H17N5O2. The van der Waals surface area contributed by atoms with Gasteiger partial charge >= 0.3 is 0 Å². The smallest absolute Gasteiger partial charge is 0.232 e. The third kappa shape index (κ3) is 2.38. The number of hydrogen-bond acceptors (Lipinski definition) is 5. The second kappa shape index (κ2) is 5.19. The molecule has 3 aromatic heterocycles. The summed E-state index contributed by atoms with van der Waals surface area (Å²) in [5.74, 6) is 1.06. The lowest BCUT2D eigenvalue weighted by Crippen LogP contribution is -2.31. The van der Waals surface area contributed by atoms with Gasteiger partial charge in [-0.3, -0.25) is 4.79 Å². The molecule has 4 rings (SSSR count). The lowest BCUT2D eigenvalue weighted by molar-refractivity contribution is -0.129. The first-order valence-corrected chi connectivity index (χ1v) is 7.69. The number of nitrogens with zero attached hydrogens (tertiary/aromatic N) is 5. The Hall–Kier alpha value is -2.70. The van der Waals surface area contributed by atoms with Crippen molar-refractivity contribution in [3.8, 4) is 11.5 Å². The van der Waals surface area contributed by atoms with Crippen LogP contribution in [0.25, 0.3) is 17.2 Å². The number of fused-ring (bicyclic) bond motifs is 1. The number of rotatable bonds is 3. The first-order chi connectivity index (χ1) is 11.1. The molecule has 4 heterocycles. The molecule has 1 aliphatic rings. The Morgan fingerprint density at radius 3 is 2.91 bits per heavy atom. The number of carbonyl (C=O) groups is 1. The highest BCUT2D eigenvalue weighted by Gasteiger charge is 2.35.